The van der Waals surface area contributed by atoms with Crippen molar-refractivity contribution in [2.45, 2.75) is 25.5 Å². The van der Waals surface area contributed by atoms with Gasteiger partial charge in [-0.3, -0.25) is 4.90 Å². The second kappa shape index (κ2) is 7.34. The first-order valence-electron chi connectivity index (χ1n) is 7.66. The van der Waals surface area contributed by atoms with E-state index in [0.717, 1.165) is 38.5 Å². The van der Waals surface area contributed by atoms with Crippen LogP contribution in [0.3, 0.4) is 0 Å². The topological polar surface area (TPSA) is 24.5 Å². The minimum absolute atomic E-state index is 0.426. The van der Waals surface area contributed by atoms with Crippen LogP contribution in [0.15, 0.2) is 24.3 Å². The molecule has 2 fully saturated rings. The zero-order chi connectivity index (χ0) is 13.6. The molecular formula is C16H24N2OS. The molecule has 0 amide bonds. The number of piperazine rings is 1. The van der Waals surface area contributed by atoms with Crippen molar-refractivity contribution in [1.82, 2.24) is 10.2 Å². The summed E-state index contributed by atoms with van der Waals surface area (Å²) in [4.78, 5) is 2.50. The Hall–Kier alpha value is -0.710. The normalized spacial score (nSPS) is 21.8. The summed E-state index contributed by atoms with van der Waals surface area (Å²) in [6.45, 7) is 5.58. The van der Waals surface area contributed by atoms with Gasteiger partial charge in [-0.05, 0) is 42.0 Å². The minimum atomic E-state index is 0.426. The lowest BCUT2D eigenvalue weighted by molar-refractivity contribution is 0.192. The van der Waals surface area contributed by atoms with E-state index < -0.39 is 0 Å². The van der Waals surface area contributed by atoms with Crippen LogP contribution in [0.1, 0.15) is 18.4 Å². The van der Waals surface area contributed by atoms with Gasteiger partial charge in [-0.1, -0.05) is 12.1 Å². The summed E-state index contributed by atoms with van der Waals surface area (Å²) >= 11 is 2.04. The summed E-state index contributed by atoms with van der Waals surface area (Å²) < 4.78 is 6.06. The van der Waals surface area contributed by atoms with E-state index in [-0.39, 0.29) is 0 Å². The van der Waals surface area contributed by atoms with Gasteiger partial charge in [0.05, 0.1) is 0 Å². The molecule has 2 aliphatic rings. The zero-order valence-corrected chi connectivity index (χ0v) is 12.8. The van der Waals surface area contributed by atoms with E-state index in [1.54, 1.807) is 0 Å². The van der Waals surface area contributed by atoms with Gasteiger partial charge in [-0.25, -0.2) is 0 Å². The lowest BCUT2D eigenvalue weighted by Gasteiger charge is -2.27. The summed E-state index contributed by atoms with van der Waals surface area (Å²) in [5.74, 6) is 3.52. The minimum Gasteiger partial charge on any atom is -0.490 e. The van der Waals surface area contributed by atoms with Crippen molar-refractivity contribution in [1.29, 1.82) is 0 Å². The van der Waals surface area contributed by atoms with Gasteiger partial charge in [0, 0.05) is 32.7 Å². The Morgan fingerprint density at radius 1 is 1.10 bits per heavy atom. The predicted molar refractivity (Wildman–Crippen MR) is 85.6 cm³/mol. The lowest BCUT2D eigenvalue weighted by atomic mass is 10.2. The van der Waals surface area contributed by atoms with Crippen LogP contribution in [-0.4, -0.2) is 48.7 Å². The zero-order valence-electron chi connectivity index (χ0n) is 12.0. The summed E-state index contributed by atoms with van der Waals surface area (Å²) in [5.41, 5.74) is 1.39. The SMILES string of the molecule is c1cc(OC2CCSCC2)ccc1CN1CCNCC1. The van der Waals surface area contributed by atoms with Crippen LogP contribution >= 0.6 is 11.8 Å². The maximum atomic E-state index is 6.06. The van der Waals surface area contributed by atoms with Gasteiger partial charge >= 0.3 is 0 Å². The summed E-state index contributed by atoms with van der Waals surface area (Å²) in [6, 6.07) is 8.71. The quantitative estimate of drug-likeness (QED) is 0.921. The third-order valence-electron chi connectivity index (χ3n) is 4.01. The maximum Gasteiger partial charge on any atom is 0.119 e. The monoisotopic (exact) mass is 292 g/mol. The molecule has 2 saturated heterocycles. The standard InChI is InChI=1S/C16H24N2OS/c1-3-15(19-16-5-11-20-12-6-16)4-2-14(1)13-18-9-7-17-8-10-18/h1-4,16-17H,5-13H2. The van der Waals surface area contributed by atoms with Gasteiger partial charge < -0.3 is 10.1 Å². The molecule has 0 bridgehead atoms. The Bertz CT molecular complexity index is 358. The largest absolute Gasteiger partial charge is 0.490 e. The van der Waals surface area contributed by atoms with Gasteiger partial charge in [0.1, 0.15) is 11.9 Å². The van der Waals surface area contributed by atoms with Gasteiger partial charge in [0.25, 0.3) is 0 Å². The average Bonchev–Trinajstić information content (AvgIpc) is 2.51. The molecule has 2 aliphatic heterocycles. The number of thioether (sulfide) groups is 1. The van der Waals surface area contributed by atoms with Crippen molar-refractivity contribution in [2.75, 3.05) is 37.7 Å². The van der Waals surface area contributed by atoms with Crippen molar-refractivity contribution < 1.29 is 4.74 Å². The smallest absolute Gasteiger partial charge is 0.119 e. The van der Waals surface area contributed by atoms with Crippen LogP contribution in [0, 0.1) is 0 Å². The van der Waals surface area contributed by atoms with E-state index in [1.807, 2.05) is 11.8 Å². The third-order valence-corrected chi connectivity index (χ3v) is 5.06. The lowest BCUT2D eigenvalue weighted by Crippen LogP contribution is -2.42. The molecule has 1 N–H and O–H groups in total. The van der Waals surface area contributed by atoms with Crippen LogP contribution in [0.2, 0.25) is 0 Å². The Morgan fingerprint density at radius 3 is 2.50 bits per heavy atom. The van der Waals surface area contributed by atoms with Crippen LogP contribution in [-0.2, 0) is 6.54 Å². The Kier molecular flexibility index (Phi) is 5.23. The molecule has 0 aliphatic carbocycles. The molecule has 2 heterocycles. The molecule has 20 heavy (non-hydrogen) atoms. The third kappa shape index (κ3) is 4.14. The number of nitrogens with one attached hydrogen (secondary N) is 1. The van der Waals surface area contributed by atoms with Crippen LogP contribution in [0.5, 0.6) is 5.75 Å². The van der Waals surface area contributed by atoms with Crippen molar-refractivity contribution in [3.63, 3.8) is 0 Å². The van der Waals surface area contributed by atoms with E-state index in [2.05, 4.69) is 34.5 Å². The fraction of sp³-hybridized carbons (Fsp3) is 0.625. The summed E-state index contributed by atoms with van der Waals surface area (Å²) in [5, 5.41) is 3.39. The molecule has 4 heteroatoms. The second-order valence-corrected chi connectivity index (χ2v) is 6.82. The Balaban J connectivity index is 1.51. The van der Waals surface area contributed by atoms with E-state index in [0.29, 0.717) is 6.10 Å². The van der Waals surface area contributed by atoms with Gasteiger partial charge in [-0.15, -0.1) is 0 Å². The van der Waals surface area contributed by atoms with Crippen LogP contribution in [0.25, 0.3) is 0 Å². The molecule has 0 unspecified atom stereocenters. The molecule has 0 spiro atoms. The highest BCUT2D eigenvalue weighted by Gasteiger charge is 2.15. The predicted octanol–water partition coefficient (Wildman–Crippen LogP) is 2.37. The fourth-order valence-electron chi connectivity index (χ4n) is 2.79. The number of ether oxygens (including phenoxy) is 1. The maximum absolute atomic E-state index is 6.06. The van der Waals surface area contributed by atoms with Gasteiger partial charge in [0.2, 0.25) is 0 Å². The molecule has 3 nitrogen and oxygen atoms in total. The van der Waals surface area contributed by atoms with Crippen LogP contribution in [0.4, 0.5) is 0 Å². The first-order chi connectivity index (χ1) is 9.90. The molecule has 1 aromatic carbocycles. The highest BCUT2D eigenvalue weighted by Crippen LogP contribution is 2.23. The van der Waals surface area contributed by atoms with E-state index in [1.165, 1.54) is 29.9 Å². The van der Waals surface area contributed by atoms with Crippen molar-refractivity contribution in [3.8, 4) is 5.75 Å². The first kappa shape index (κ1) is 14.2. The molecular weight excluding hydrogens is 268 g/mol. The summed E-state index contributed by atoms with van der Waals surface area (Å²) in [6.07, 6.45) is 2.80. The van der Waals surface area contributed by atoms with Crippen molar-refractivity contribution >= 4 is 11.8 Å². The number of rotatable bonds is 4. The Morgan fingerprint density at radius 2 is 1.80 bits per heavy atom. The number of hydrogen-bond acceptors (Lipinski definition) is 4. The highest BCUT2D eigenvalue weighted by molar-refractivity contribution is 7.99. The molecule has 0 saturated carbocycles. The second-order valence-electron chi connectivity index (χ2n) is 5.60. The molecule has 0 atom stereocenters. The summed E-state index contributed by atoms with van der Waals surface area (Å²) in [7, 11) is 0. The number of benzene rings is 1. The average molecular weight is 292 g/mol. The molecule has 110 valence electrons. The van der Waals surface area contributed by atoms with Gasteiger partial charge in [0.15, 0.2) is 0 Å². The van der Waals surface area contributed by atoms with E-state index >= 15 is 0 Å². The molecule has 3 rings (SSSR count). The highest BCUT2D eigenvalue weighted by atomic mass is 32.2. The van der Waals surface area contributed by atoms with E-state index in [9.17, 15) is 0 Å². The van der Waals surface area contributed by atoms with E-state index in [4.69, 9.17) is 4.74 Å². The molecule has 0 radical (unpaired) electrons. The van der Waals surface area contributed by atoms with Crippen molar-refractivity contribution in [3.05, 3.63) is 29.8 Å². The van der Waals surface area contributed by atoms with Crippen molar-refractivity contribution in [2.24, 2.45) is 0 Å². The first-order valence-corrected chi connectivity index (χ1v) is 8.82. The fourth-order valence-corrected chi connectivity index (χ4v) is 3.85. The molecule has 0 aromatic heterocycles. The molecule has 1 aromatic rings. The Labute approximate surface area is 126 Å². The number of hydrogen-bond donors (Lipinski definition) is 1. The van der Waals surface area contributed by atoms with Crippen LogP contribution < -0.4 is 10.1 Å². The van der Waals surface area contributed by atoms with Gasteiger partial charge in [-0.2, -0.15) is 11.8 Å². The number of nitrogens with zero attached hydrogens (tertiary/aromatic N) is 1.